The van der Waals surface area contributed by atoms with Gasteiger partial charge in [0.05, 0.1) is 31.9 Å². The van der Waals surface area contributed by atoms with E-state index in [4.69, 9.17) is 10.3 Å². The second kappa shape index (κ2) is 9.53. The average molecular weight is 476 g/mol. The highest BCUT2D eigenvalue weighted by Crippen LogP contribution is 2.36. The molecule has 3 aromatic rings. The van der Waals surface area contributed by atoms with E-state index in [1.165, 1.54) is 23.4 Å². The van der Waals surface area contributed by atoms with Gasteiger partial charge in [0.25, 0.3) is 6.43 Å². The third kappa shape index (κ3) is 4.58. The number of carbonyl (C=O) groups is 1. The fourth-order valence-corrected chi connectivity index (χ4v) is 3.88. The van der Waals surface area contributed by atoms with Crippen molar-refractivity contribution < 1.29 is 22.7 Å². The zero-order chi connectivity index (χ0) is 24.4. The predicted octanol–water partition coefficient (Wildman–Crippen LogP) is 3.73. The molecule has 0 radical (unpaired) electrons. The molecule has 0 aliphatic carbocycles. The van der Waals surface area contributed by atoms with E-state index in [1.54, 1.807) is 30.5 Å². The molecule has 4 rings (SSSR count). The van der Waals surface area contributed by atoms with Gasteiger partial charge in [-0.3, -0.25) is 4.79 Å². The topological polar surface area (TPSA) is 120 Å². The van der Waals surface area contributed by atoms with Crippen molar-refractivity contribution >= 4 is 28.7 Å². The van der Waals surface area contributed by atoms with Crippen LogP contribution in [0.3, 0.4) is 0 Å². The number of hydrogen-bond acceptors (Lipinski definition) is 8. The van der Waals surface area contributed by atoms with Crippen molar-refractivity contribution in [2.75, 3.05) is 37.4 Å². The lowest BCUT2D eigenvalue weighted by Crippen LogP contribution is -2.32. The van der Waals surface area contributed by atoms with Gasteiger partial charge in [0.1, 0.15) is 17.4 Å². The summed E-state index contributed by atoms with van der Waals surface area (Å²) in [5, 5.41) is 13.3. The quantitative estimate of drug-likeness (QED) is 0.426. The van der Waals surface area contributed by atoms with Gasteiger partial charge in [-0.25, -0.2) is 23.2 Å². The van der Waals surface area contributed by atoms with Crippen LogP contribution in [0.5, 0.6) is 5.88 Å². The number of likely N-dealkylation sites (tertiary alicyclic amines) is 1. The summed E-state index contributed by atoms with van der Waals surface area (Å²) in [6, 6.07) is 5.95. The van der Waals surface area contributed by atoms with Crippen LogP contribution in [0, 0.1) is 5.53 Å². The number of rotatable bonds is 8. The minimum atomic E-state index is -2.57. The summed E-state index contributed by atoms with van der Waals surface area (Å²) < 4.78 is 46.7. The third-order valence-corrected chi connectivity index (χ3v) is 5.56. The predicted molar refractivity (Wildman–Crippen MR) is 119 cm³/mol. The molecule has 13 heteroatoms. The molecule has 0 unspecified atom stereocenters. The zero-order valence-corrected chi connectivity index (χ0v) is 18.4. The van der Waals surface area contributed by atoms with Crippen LogP contribution in [-0.4, -0.2) is 70.8 Å². The molecule has 1 saturated heterocycles. The number of fused-ring (bicyclic) bond motifs is 1. The normalized spacial score (nSPS) is 17.9. The summed E-state index contributed by atoms with van der Waals surface area (Å²) in [6.45, 7) is 1.00. The lowest BCUT2D eigenvalue weighted by molar-refractivity contribution is -0.128. The Morgan fingerprint density at radius 3 is 2.79 bits per heavy atom. The van der Waals surface area contributed by atoms with E-state index in [1.807, 2.05) is 0 Å². The van der Waals surface area contributed by atoms with Crippen LogP contribution in [0.15, 0.2) is 35.6 Å². The van der Waals surface area contributed by atoms with Crippen molar-refractivity contribution in [1.82, 2.24) is 19.5 Å². The summed E-state index contributed by atoms with van der Waals surface area (Å²) in [4.78, 5) is 17.3. The summed E-state index contributed by atoms with van der Waals surface area (Å²) >= 11 is 0. The van der Waals surface area contributed by atoms with Crippen LogP contribution in [0.4, 0.5) is 30.5 Å². The van der Waals surface area contributed by atoms with Crippen molar-refractivity contribution in [3.8, 4) is 17.0 Å². The first-order valence-corrected chi connectivity index (χ1v) is 10.4. The monoisotopic (exact) mass is 476 g/mol. The van der Waals surface area contributed by atoms with Gasteiger partial charge in [-0.2, -0.15) is 10.1 Å². The van der Waals surface area contributed by atoms with Crippen molar-refractivity contribution in [3.63, 3.8) is 0 Å². The van der Waals surface area contributed by atoms with Gasteiger partial charge < -0.3 is 20.3 Å². The van der Waals surface area contributed by atoms with Gasteiger partial charge in [0.2, 0.25) is 17.7 Å². The number of amides is 1. The maximum atomic E-state index is 14.4. The zero-order valence-electron chi connectivity index (χ0n) is 18.4. The molecule has 3 N–H and O–H groups in total. The van der Waals surface area contributed by atoms with Crippen molar-refractivity contribution in [1.29, 1.82) is 5.53 Å². The van der Waals surface area contributed by atoms with Crippen molar-refractivity contribution in [2.45, 2.75) is 25.6 Å². The van der Waals surface area contributed by atoms with Gasteiger partial charge in [-0.1, -0.05) is 6.07 Å². The maximum Gasteiger partial charge on any atom is 0.255 e. The molecular formula is C21H23F3N8O2. The summed E-state index contributed by atoms with van der Waals surface area (Å²) in [5.74, 6) is 0.139. The van der Waals surface area contributed by atoms with Gasteiger partial charge in [0, 0.05) is 25.2 Å². The van der Waals surface area contributed by atoms with Gasteiger partial charge in [0.15, 0.2) is 0 Å². The van der Waals surface area contributed by atoms with E-state index in [-0.39, 0.29) is 42.2 Å². The molecule has 3 heterocycles. The highest BCUT2D eigenvalue weighted by atomic mass is 19.3. The van der Waals surface area contributed by atoms with Crippen LogP contribution in [0.25, 0.3) is 16.6 Å². The largest absolute Gasteiger partial charge is 0.479 e. The molecule has 0 saturated carbocycles. The van der Waals surface area contributed by atoms with Crippen LogP contribution >= 0.6 is 0 Å². The number of nitrogens with one attached hydrogen (secondary N) is 3. The fraction of sp³-hybridized carbons (Fsp3) is 0.381. The Hall–Kier alpha value is -3.90. The number of alkyl halides is 3. The number of halogens is 3. The summed E-state index contributed by atoms with van der Waals surface area (Å²) in [7, 11) is 1.44. The van der Waals surface area contributed by atoms with Gasteiger partial charge >= 0.3 is 0 Å². The highest BCUT2D eigenvalue weighted by Gasteiger charge is 2.35. The molecule has 10 nitrogen and oxygen atoms in total. The first kappa shape index (κ1) is 23.3. The molecular weight excluding hydrogens is 453 g/mol. The second-order valence-electron chi connectivity index (χ2n) is 7.77. The number of ether oxygens (including phenoxy) is 1. The number of anilines is 2. The molecule has 34 heavy (non-hydrogen) atoms. The molecule has 1 amide bonds. The van der Waals surface area contributed by atoms with Crippen LogP contribution in [0.2, 0.25) is 0 Å². The number of methoxy groups -OCH3 is 1. The van der Waals surface area contributed by atoms with Crippen LogP contribution in [0.1, 0.15) is 6.92 Å². The SMILES string of the molecule is COc1nc(N[C@H]2CN(C(C)=O)C[C@H]2F)nn2ccc(-c3ccc(N=N)c(NCC(F)F)c3)c12. The first-order chi connectivity index (χ1) is 16.3. The minimum absolute atomic E-state index is 0.00256. The van der Waals surface area contributed by atoms with E-state index < -0.39 is 25.2 Å². The maximum absolute atomic E-state index is 14.4. The standard InChI is InChI=1S/C21H23F3N8O2/c1-11(33)31-9-14(22)17(10-31)27-21-28-20(34-2)19-13(5-6-32(19)30-21)12-3-4-15(29-25)16(7-12)26-8-18(23)24/h3-7,14,17-18,25-26H,8-10H2,1-2H3,(H,27,30)/t14-,17+/m1/s1. The average Bonchev–Trinajstić information content (AvgIpc) is 3.40. The van der Waals surface area contributed by atoms with Crippen LogP contribution in [-0.2, 0) is 4.79 Å². The van der Waals surface area contributed by atoms with Crippen molar-refractivity contribution in [2.24, 2.45) is 5.11 Å². The Labute approximate surface area is 192 Å². The molecule has 2 aromatic heterocycles. The minimum Gasteiger partial charge on any atom is -0.479 e. The highest BCUT2D eigenvalue weighted by molar-refractivity contribution is 5.87. The van der Waals surface area contributed by atoms with E-state index >= 15 is 0 Å². The van der Waals surface area contributed by atoms with E-state index in [9.17, 15) is 18.0 Å². The second-order valence-corrected chi connectivity index (χ2v) is 7.77. The number of aromatic nitrogens is 3. The lowest BCUT2D eigenvalue weighted by Gasteiger charge is -2.16. The number of benzene rings is 1. The molecule has 0 spiro atoms. The van der Waals surface area contributed by atoms with E-state index in [0.717, 1.165) is 0 Å². The van der Waals surface area contributed by atoms with Crippen LogP contribution < -0.4 is 15.4 Å². The summed E-state index contributed by atoms with van der Waals surface area (Å²) in [5.41, 5.74) is 9.60. The third-order valence-electron chi connectivity index (χ3n) is 5.56. The Bertz CT molecular complexity index is 1220. The van der Waals surface area contributed by atoms with Gasteiger partial charge in [-0.05, 0) is 23.8 Å². The Kier molecular flexibility index (Phi) is 6.52. The fourth-order valence-electron chi connectivity index (χ4n) is 3.88. The molecule has 1 aliphatic rings. The Morgan fingerprint density at radius 1 is 1.35 bits per heavy atom. The van der Waals surface area contributed by atoms with Crippen molar-refractivity contribution in [3.05, 3.63) is 30.5 Å². The molecule has 180 valence electrons. The summed E-state index contributed by atoms with van der Waals surface area (Å²) in [6.07, 6.45) is -2.17. The van der Waals surface area contributed by atoms with E-state index in [2.05, 4.69) is 25.8 Å². The number of hydrogen-bond donors (Lipinski definition) is 3. The molecule has 1 aliphatic heterocycles. The number of nitrogens with zero attached hydrogens (tertiary/aromatic N) is 5. The van der Waals surface area contributed by atoms with Gasteiger partial charge in [-0.15, -0.1) is 5.10 Å². The molecule has 1 aromatic carbocycles. The molecule has 2 atom stereocenters. The smallest absolute Gasteiger partial charge is 0.255 e. The first-order valence-electron chi connectivity index (χ1n) is 10.4. The molecule has 1 fully saturated rings. The Morgan fingerprint density at radius 2 is 2.15 bits per heavy atom. The number of carbonyl (C=O) groups excluding carboxylic acids is 1. The van der Waals surface area contributed by atoms with E-state index in [0.29, 0.717) is 16.6 Å². The molecule has 0 bridgehead atoms. The Balaban J connectivity index is 1.67. The lowest BCUT2D eigenvalue weighted by atomic mass is 10.1.